The molecule has 0 aliphatic rings. The van der Waals surface area contributed by atoms with E-state index in [1.165, 1.54) is 54.7 Å². The number of hydrogen-bond acceptors (Lipinski definition) is 4. The number of fused-ring (bicyclic) bond motifs is 6. The Hall–Kier alpha value is -11.1. The summed E-state index contributed by atoms with van der Waals surface area (Å²) in [5, 5.41) is 4.97. The van der Waals surface area contributed by atoms with Crippen LogP contribution < -0.4 is 9.80 Å². The Bertz CT molecular complexity index is 4360. The largest absolute Gasteiger partial charge is 0.310 e. The number of hydrogen-bond donors (Lipinski definition) is 0. The van der Waals surface area contributed by atoms with Crippen LogP contribution in [0.4, 0.5) is 34.1 Å². The Morgan fingerprint density at radius 2 is 0.512 bits per heavy atom. The number of rotatable bonds is 12. The molecule has 0 saturated heterocycles. The molecule has 0 atom stereocenters. The third-order valence-corrected chi connectivity index (χ3v) is 15.8. The fraction of sp³-hybridized carbons (Fsp3) is 0. The van der Waals surface area contributed by atoms with E-state index in [9.17, 15) is 0 Å². The van der Waals surface area contributed by atoms with Crippen molar-refractivity contribution in [3.8, 4) is 56.1 Å². The molecule has 0 unspecified atom stereocenters. The maximum absolute atomic E-state index is 5.01. The van der Waals surface area contributed by atoms with E-state index in [1.54, 1.807) is 12.4 Å². The van der Waals surface area contributed by atoms with Crippen LogP contribution in [0.3, 0.4) is 0 Å². The molecule has 3 aromatic heterocycles. The minimum atomic E-state index is 0.808. The summed E-state index contributed by atoms with van der Waals surface area (Å²) in [5.41, 5.74) is 21.4. The number of para-hydroxylation sites is 4. The van der Waals surface area contributed by atoms with E-state index in [0.717, 1.165) is 79.1 Å². The quantitative estimate of drug-likeness (QED) is 0.122. The summed E-state index contributed by atoms with van der Waals surface area (Å²) in [6.45, 7) is 0. The van der Waals surface area contributed by atoms with Crippen molar-refractivity contribution in [3.63, 3.8) is 0 Å². The molecule has 0 fully saturated rings. The summed E-state index contributed by atoms with van der Waals surface area (Å²) in [7, 11) is 0. The molecular weight excluding hydrogens is 997 g/mol. The van der Waals surface area contributed by atoms with E-state index in [-0.39, 0.29) is 0 Å². The number of anilines is 6. The van der Waals surface area contributed by atoms with Gasteiger partial charge in [0.1, 0.15) is 0 Å². The van der Waals surface area contributed by atoms with Crippen LogP contribution in [-0.2, 0) is 0 Å². The maximum atomic E-state index is 5.01. The van der Waals surface area contributed by atoms with Crippen LogP contribution in [0, 0.1) is 0 Å². The predicted molar refractivity (Wildman–Crippen MR) is 342 cm³/mol. The van der Waals surface area contributed by atoms with Crippen molar-refractivity contribution < 1.29 is 0 Å². The molecule has 0 N–H and O–H groups in total. The number of benzene rings is 12. The van der Waals surface area contributed by atoms with Gasteiger partial charge in [-0.3, -0.25) is 9.97 Å². The van der Waals surface area contributed by atoms with Crippen molar-refractivity contribution in [2.75, 3.05) is 9.80 Å². The van der Waals surface area contributed by atoms with Crippen molar-refractivity contribution >= 4 is 77.7 Å². The normalized spacial score (nSPS) is 11.4. The summed E-state index contributed by atoms with van der Waals surface area (Å²) < 4.78 is 4.73. The van der Waals surface area contributed by atoms with E-state index in [1.807, 2.05) is 0 Å². The highest BCUT2D eigenvalue weighted by Gasteiger charge is 2.20. The summed E-state index contributed by atoms with van der Waals surface area (Å²) in [6.07, 6.45) is 3.57. The Morgan fingerprint density at radius 1 is 0.220 bits per heavy atom. The average molecular weight is 1050 g/mol. The summed E-state index contributed by atoms with van der Waals surface area (Å²) in [6, 6.07) is 109. The standard InChI is InChI=1S/C76H52N6/c1-3-17-53(18-4-1)57-21-15-23-65(51-57)79(61-41-45-63(46-42-61)81-71-29-11-7-25-67(71)68-26-8-12-30-72(68)81)59-37-33-55(34-38-59)75-76(78-50-49-77-75)56-35-39-60(40-36-56)80(66-24-16-22-58(52-66)54-19-5-2-6-20-54)62-43-47-64(48-44-62)82-73-31-13-9-27-69(73)70-28-10-14-32-74(70)82/h1-52H. The van der Waals surface area contributed by atoms with Gasteiger partial charge in [-0.2, -0.15) is 0 Å². The maximum Gasteiger partial charge on any atom is 0.0965 e. The molecule has 6 heteroatoms. The van der Waals surface area contributed by atoms with E-state index in [4.69, 9.17) is 9.97 Å². The Kier molecular flexibility index (Phi) is 12.1. The molecule has 0 bridgehead atoms. The fourth-order valence-corrected chi connectivity index (χ4v) is 12.0. The molecule has 12 aromatic carbocycles. The Balaban J connectivity index is 0.779. The van der Waals surface area contributed by atoms with Gasteiger partial charge in [-0.25, -0.2) is 0 Å². The lowest BCUT2D eigenvalue weighted by Gasteiger charge is -2.27. The first-order valence-corrected chi connectivity index (χ1v) is 27.8. The average Bonchev–Trinajstić information content (AvgIpc) is 4.29. The van der Waals surface area contributed by atoms with Crippen molar-refractivity contribution in [1.29, 1.82) is 0 Å². The van der Waals surface area contributed by atoms with E-state index in [2.05, 4.69) is 322 Å². The zero-order valence-electron chi connectivity index (χ0n) is 44.7. The molecular formula is C76H52N6. The SMILES string of the molecule is c1ccc(-c2cccc(N(c3ccc(-c4nccnc4-c4ccc(N(c5ccc(-n6c7ccccc7c7ccccc76)cc5)c5cccc(-c6ccccc6)c5)cc4)cc3)c3ccc(-n4c5ccccc5c5ccccc54)cc3)c2)cc1. The van der Waals surface area contributed by atoms with Gasteiger partial charge >= 0.3 is 0 Å². The highest BCUT2D eigenvalue weighted by molar-refractivity contribution is 6.10. The van der Waals surface area contributed by atoms with Crippen LogP contribution >= 0.6 is 0 Å². The van der Waals surface area contributed by atoms with Crippen molar-refractivity contribution in [1.82, 2.24) is 19.1 Å². The molecule has 15 rings (SSSR count). The monoisotopic (exact) mass is 1050 g/mol. The van der Waals surface area contributed by atoms with Gasteiger partial charge in [0.25, 0.3) is 0 Å². The molecule has 0 amide bonds. The lowest BCUT2D eigenvalue weighted by Crippen LogP contribution is -2.10. The molecule has 3 heterocycles. The smallest absolute Gasteiger partial charge is 0.0965 e. The van der Waals surface area contributed by atoms with Crippen LogP contribution in [0.1, 0.15) is 0 Å². The number of aromatic nitrogens is 4. The Labute approximate surface area is 476 Å². The fourth-order valence-electron chi connectivity index (χ4n) is 12.0. The van der Waals surface area contributed by atoms with E-state index in [0.29, 0.717) is 0 Å². The second-order valence-electron chi connectivity index (χ2n) is 20.6. The lowest BCUT2D eigenvalue weighted by molar-refractivity contribution is 1.17. The third kappa shape index (κ3) is 8.63. The van der Waals surface area contributed by atoms with Gasteiger partial charge in [0.05, 0.1) is 33.5 Å². The summed E-state index contributed by atoms with van der Waals surface area (Å²) in [4.78, 5) is 14.7. The molecule has 386 valence electrons. The predicted octanol–water partition coefficient (Wildman–Crippen LogP) is 20.3. The van der Waals surface area contributed by atoms with Crippen LogP contribution in [0.2, 0.25) is 0 Å². The first-order valence-electron chi connectivity index (χ1n) is 27.8. The summed E-state index contributed by atoms with van der Waals surface area (Å²) in [5.74, 6) is 0. The zero-order valence-corrected chi connectivity index (χ0v) is 44.7. The molecule has 15 aromatic rings. The first kappa shape index (κ1) is 48.1. The van der Waals surface area contributed by atoms with Gasteiger partial charge in [0, 0.05) is 90.6 Å². The van der Waals surface area contributed by atoms with Crippen LogP contribution in [-0.4, -0.2) is 19.1 Å². The van der Waals surface area contributed by atoms with E-state index >= 15 is 0 Å². The summed E-state index contributed by atoms with van der Waals surface area (Å²) >= 11 is 0. The molecule has 0 spiro atoms. The van der Waals surface area contributed by atoms with E-state index < -0.39 is 0 Å². The molecule has 0 aliphatic heterocycles. The second kappa shape index (κ2) is 20.6. The van der Waals surface area contributed by atoms with Crippen LogP contribution in [0.15, 0.2) is 316 Å². The van der Waals surface area contributed by atoms with Crippen molar-refractivity contribution in [2.24, 2.45) is 0 Å². The molecule has 0 saturated carbocycles. The first-order chi connectivity index (χ1) is 40.7. The van der Waals surface area contributed by atoms with Gasteiger partial charge in [-0.1, -0.05) is 182 Å². The van der Waals surface area contributed by atoms with Gasteiger partial charge in [-0.05, 0) is 144 Å². The van der Waals surface area contributed by atoms with Gasteiger partial charge in [-0.15, -0.1) is 0 Å². The second-order valence-corrected chi connectivity index (χ2v) is 20.6. The molecule has 0 aliphatic carbocycles. The highest BCUT2D eigenvalue weighted by Crippen LogP contribution is 2.42. The zero-order chi connectivity index (χ0) is 54.3. The van der Waals surface area contributed by atoms with Gasteiger partial charge in [0.15, 0.2) is 0 Å². The molecule has 0 radical (unpaired) electrons. The van der Waals surface area contributed by atoms with Crippen LogP contribution in [0.25, 0.3) is 99.8 Å². The Morgan fingerprint density at radius 3 is 0.854 bits per heavy atom. The lowest BCUT2D eigenvalue weighted by atomic mass is 10.0. The van der Waals surface area contributed by atoms with Crippen LogP contribution in [0.5, 0.6) is 0 Å². The minimum Gasteiger partial charge on any atom is -0.310 e. The van der Waals surface area contributed by atoms with Gasteiger partial charge < -0.3 is 18.9 Å². The molecule has 82 heavy (non-hydrogen) atoms. The molecule has 6 nitrogen and oxygen atoms in total. The van der Waals surface area contributed by atoms with Crippen molar-refractivity contribution in [3.05, 3.63) is 316 Å². The highest BCUT2D eigenvalue weighted by atomic mass is 15.1. The van der Waals surface area contributed by atoms with Crippen molar-refractivity contribution in [2.45, 2.75) is 0 Å². The van der Waals surface area contributed by atoms with Gasteiger partial charge in [0.2, 0.25) is 0 Å². The minimum absolute atomic E-state index is 0.808. The number of nitrogens with zero attached hydrogens (tertiary/aromatic N) is 6. The topological polar surface area (TPSA) is 42.1 Å². The third-order valence-electron chi connectivity index (χ3n) is 15.8.